The number of Topliss-reactive ketones (excluding diaryl/α,β-unsaturated/α-hetero) is 1. The number of aliphatic hydroxyl groups excluding tert-OH is 1. The number of hydrogen-bond donors (Lipinski definition) is 1. The van der Waals surface area contributed by atoms with E-state index in [1.165, 1.54) is 12.1 Å². The number of nitrogens with zero attached hydrogens (tertiary/aromatic N) is 2. The summed E-state index contributed by atoms with van der Waals surface area (Å²) in [6, 6.07) is 28.4. The van der Waals surface area contributed by atoms with Gasteiger partial charge in [-0.1, -0.05) is 66.2 Å². The second-order valence-corrected chi connectivity index (χ2v) is 8.77. The van der Waals surface area contributed by atoms with Gasteiger partial charge in [-0.25, -0.2) is 9.07 Å². The molecule has 1 atom stereocenters. The predicted molar refractivity (Wildman–Crippen MR) is 137 cm³/mol. The van der Waals surface area contributed by atoms with Gasteiger partial charge in [0.05, 0.1) is 22.8 Å². The Bertz CT molecular complexity index is 1500. The number of benzene rings is 4. The summed E-state index contributed by atoms with van der Waals surface area (Å²) in [5.74, 6) is -0.718. The second-order valence-electron chi connectivity index (χ2n) is 8.37. The van der Waals surface area contributed by atoms with Crippen LogP contribution in [0.5, 0.6) is 0 Å². The summed E-state index contributed by atoms with van der Waals surface area (Å²) >= 11 is 6.47. The Hall–Kier alpha value is -3.80. The highest BCUT2D eigenvalue weighted by Gasteiger charge is 2.20. The number of halogens is 2. The van der Waals surface area contributed by atoms with Gasteiger partial charge in [0.2, 0.25) is 0 Å². The van der Waals surface area contributed by atoms with E-state index in [1.807, 2.05) is 54.6 Å². The topological polar surface area (TPSA) is 55.1 Å². The monoisotopic (exact) mass is 484 g/mol. The van der Waals surface area contributed by atoms with Crippen LogP contribution in [0.1, 0.15) is 28.3 Å². The zero-order valence-electron chi connectivity index (χ0n) is 18.7. The van der Waals surface area contributed by atoms with Gasteiger partial charge in [-0.2, -0.15) is 5.10 Å². The molecule has 0 spiro atoms. The maximum atomic E-state index is 13.6. The highest BCUT2D eigenvalue weighted by Crippen LogP contribution is 2.35. The maximum absolute atomic E-state index is 13.6. The quantitative estimate of drug-likeness (QED) is 0.257. The van der Waals surface area contributed by atoms with E-state index >= 15 is 0 Å². The fraction of sp³-hybridized carbons (Fsp3) is 0.103. The van der Waals surface area contributed by atoms with E-state index in [4.69, 9.17) is 16.7 Å². The Morgan fingerprint density at radius 2 is 1.66 bits per heavy atom. The van der Waals surface area contributed by atoms with E-state index in [1.54, 1.807) is 35.0 Å². The van der Waals surface area contributed by atoms with E-state index in [2.05, 4.69) is 0 Å². The second kappa shape index (κ2) is 9.82. The fourth-order valence-electron chi connectivity index (χ4n) is 4.27. The number of rotatable bonds is 7. The van der Waals surface area contributed by atoms with Crippen LogP contribution in [0.4, 0.5) is 4.39 Å². The van der Waals surface area contributed by atoms with Crippen LogP contribution in [-0.2, 0) is 0 Å². The molecule has 0 aliphatic carbocycles. The first-order chi connectivity index (χ1) is 17.0. The molecule has 35 heavy (non-hydrogen) atoms. The van der Waals surface area contributed by atoms with E-state index in [9.17, 15) is 14.3 Å². The fourth-order valence-corrected chi connectivity index (χ4v) is 4.50. The average Bonchev–Trinajstić information content (AvgIpc) is 3.27. The number of hydrogen-bond acceptors (Lipinski definition) is 3. The van der Waals surface area contributed by atoms with Crippen molar-refractivity contribution in [1.29, 1.82) is 0 Å². The number of aromatic nitrogens is 2. The van der Waals surface area contributed by atoms with Gasteiger partial charge in [0.15, 0.2) is 5.78 Å². The van der Waals surface area contributed by atoms with E-state index in [0.717, 1.165) is 16.5 Å². The molecule has 0 saturated carbocycles. The molecule has 0 fully saturated rings. The Kier molecular flexibility index (Phi) is 6.45. The van der Waals surface area contributed by atoms with E-state index in [-0.39, 0.29) is 30.5 Å². The normalized spacial score (nSPS) is 12.1. The van der Waals surface area contributed by atoms with Gasteiger partial charge in [0, 0.05) is 28.9 Å². The summed E-state index contributed by atoms with van der Waals surface area (Å²) in [6.07, 6.45) is 0.175. The molecule has 1 aromatic heterocycles. The molecule has 0 unspecified atom stereocenters. The zero-order chi connectivity index (χ0) is 24.4. The Labute approximate surface area is 207 Å². The SMILES string of the molecule is O=C(C[C@H](CO)c1ccccc1)c1ccc2c(-c3ccccc3Cl)nn(-c3ccc(F)cc3)c2c1. The summed E-state index contributed by atoms with van der Waals surface area (Å²) in [5.41, 5.74) is 4.24. The van der Waals surface area contributed by atoms with Gasteiger partial charge in [0.25, 0.3) is 0 Å². The maximum Gasteiger partial charge on any atom is 0.163 e. The van der Waals surface area contributed by atoms with Crippen molar-refractivity contribution in [3.05, 3.63) is 119 Å². The van der Waals surface area contributed by atoms with Gasteiger partial charge in [0.1, 0.15) is 11.5 Å². The smallest absolute Gasteiger partial charge is 0.163 e. The summed E-state index contributed by atoms with van der Waals surface area (Å²) in [7, 11) is 0. The molecule has 5 aromatic rings. The van der Waals surface area contributed by atoms with Gasteiger partial charge < -0.3 is 5.11 Å². The van der Waals surface area contributed by atoms with Crippen molar-refractivity contribution in [2.45, 2.75) is 12.3 Å². The van der Waals surface area contributed by atoms with Crippen LogP contribution >= 0.6 is 11.6 Å². The molecule has 0 aliphatic rings. The molecule has 4 nitrogen and oxygen atoms in total. The lowest BCUT2D eigenvalue weighted by molar-refractivity contribution is 0.0960. The van der Waals surface area contributed by atoms with Crippen molar-refractivity contribution in [3.63, 3.8) is 0 Å². The third kappa shape index (κ3) is 4.61. The average molecular weight is 485 g/mol. The summed E-state index contributed by atoms with van der Waals surface area (Å²) in [4.78, 5) is 13.2. The minimum atomic E-state index is -0.344. The molecule has 0 aliphatic heterocycles. The van der Waals surface area contributed by atoms with Crippen LogP contribution in [0.25, 0.3) is 27.8 Å². The van der Waals surface area contributed by atoms with Crippen molar-refractivity contribution >= 4 is 28.3 Å². The number of carbonyl (C=O) groups is 1. The van der Waals surface area contributed by atoms with Crippen molar-refractivity contribution in [2.24, 2.45) is 0 Å². The summed E-state index contributed by atoms with van der Waals surface area (Å²) in [6.45, 7) is -0.123. The molecule has 0 bridgehead atoms. The number of ketones is 1. The zero-order valence-corrected chi connectivity index (χ0v) is 19.5. The lowest BCUT2D eigenvalue weighted by Gasteiger charge is -2.14. The summed E-state index contributed by atoms with van der Waals surface area (Å²) < 4.78 is 15.3. The van der Waals surface area contributed by atoms with Crippen molar-refractivity contribution < 1.29 is 14.3 Å². The molecule has 174 valence electrons. The largest absolute Gasteiger partial charge is 0.396 e. The van der Waals surface area contributed by atoms with Crippen LogP contribution < -0.4 is 0 Å². The number of aliphatic hydroxyl groups is 1. The lowest BCUT2D eigenvalue weighted by Crippen LogP contribution is -2.11. The molecular weight excluding hydrogens is 463 g/mol. The Morgan fingerprint density at radius 1 is 0.943 bits per heavy atom. The third-order valence-electron chi connectivity index (χ3n) is 6.13. The highest BCUT2D eigenvalue weighted by molar-refractivity contribution is 6.33. The molecular formula is C29H22ClFN2O2. The van der Waals surface area contributed by atoms with Gasteiger partial charge >= 0.3 is 0 Å². The molecule has 0 amide bonds. The first kappa shape index (κ1) is 23.0. The van der Waals surface area contributed by atoms with E-state index < -0.39 is 0 Å². The molecule has 0 saturated heterocycles. The number of fused-ring (bicyclic) bond motifs is 1. The van der Waals surface area contributed by atoms with Crippen molar-refractivity contribution in [1.82, 2.24) is 9.78 Å². The molecule has 1 N–H and O–H groups in total. The van der Waals surface area contributed by atoms with E-state index in [0.29, 0.717) is 27.5 Å². The predicted octanol–water partition coefficient (Wildman–Crippen LogP) is 6.83. The molecule has 6 heteroatoms. The molecule has 4 aromatic carbocycles. The third-order valence-corrected chi connectivity index (χ3v) is 6.46. The van der Waals surface area contributed by atoms with Crippen LogP contribution in [0.15, 0.2) is 97.1 Å². The summed E-state index contributed by atoms with van der Waals surface area (Å²) in [5, 5.41) is 16.1. The Balaban J connectivity index is 1.60. The van der Waals surface area contributed by atoms with Crippen LogP contribution in [-0.4, -0.2) is 27.3 Å². The first-order valence-corrected chi connectivity index (χ1v) is 11.7. The standard InChI is InChI=1S/C29H22ClFN2O2/c30-26-9-5-4-8-24(26)29-25-15-10-20(28(35)17-21(18-34)19-6-2-1-3-7-19)16-27(25)33(32-29)23-13-11-22(31)12-14-23/h1-16,21,34H,17-18H2/t21-/m1/s1. The number of carbonyl (C=O) groups excluding carboxylic acids is 1. The lowest BCUT2D eigenvalue weighted by atomic mass is 9.92. The first-order valence-electron chi connectivity index (χ1n) is 11.3. The minimum Gasteiger partial charge on any atom is -0.396 e. The molecule has 5 rings (SSSR count). The van der Waals surface area contributed by atoms with Gasteiger partial charge in [-0.05, 0) is 48.0 Å². The van der Waals surface area contributed by atoms with Gasteiger partial charge in [-0.3, -0.25) is 4.79 Å². The van der Waals surface area contributed by atoms with Crippen molar-refractivity contribution in [3.8, 4) is 16.9 Å². The Morgan fingerprint density at radius 3 is 2.37 bits per heavy atom. The highest BCUT2D eigenvalue weighted by atomic mass is 35.5. The molecule has 1 heterocycles. The van der Waals surface area contributed by atoms with Crippen LogP contribution in [0.2, 0.25) is 5.02 Å². The minimum absolute atomic E-state index is 0.0825. The van der Waals surface area contributed by atoms with Crippen LogP contribution in [0, 0.1) is 5.82 Å². The van der Waals surface area contributed by atoms with Gasteiger partial charge in [-0.15, -0.1) is 0 Å². The van der Waals surface area contributed by atoms with Crippen molar-refractivity contribution in [2.75, 3.05) is 6.61 Å². The van der Waals surface area contributed by atoms with Crippen LogP contribution in [0.3, 0.4) is 0 Å². The molecule has 0 radical (unpaired) electrons.